The van der Waals surface area contributed by atoms with Crippen LogP contribution in [0.25, 0.3) is 11.0 Å². The van der Waals surface area contributed by atoms with Crippen molar-refractivity contribution in [2.45, 2.75) is 27.2 Å². The molecule has 0 unspecified atom stereocenters. The number of fused-ring (bicyclic) bond motifs is 1. The van der Waals surface area contributed by atoms with E-state index in [9.17, 15) is 9.59 Å². The van der Waals surface area contributed by atoms with E-state index >= 15 is 0 Å². The third kappa shape index (κ3) is 3.24. The van der Waals surface area contributed by atoms with E-state index in [0.717, 1.165) is 23.0 Å². The van der Waals surface area contributed by atoms with Gasteiger partial charge >= 0.3 is 5.69 Å². The van der Waals surface area contributed by atoms with Crippen molar-refractivity contribution < 1.29 is 4.79 Å². The first-order valence-corrected chi connectivity index (χ1v) is 6.35. The zero-order valence-electron chi connectivity index (χ0n) is 11.5. The first kappa shape index (κ1) is 13.4. The highest BCUT2D eigenvalue weighted by Gasteiger charge is 2.20. The summed E-state index contributed by atoms with van der Waals surface area (Å²) in [5, 5.41) is 2.91. The fourth-order valence-corrected chi connectivity index (χ4v) is 1.82. The van der Waals surface area contributed by atoms with Gasteiger partial charge in [0.25, 0.3) is 0 Å². The molecular formula is C14H19N3O2. The highest BCUT2D eigenvalue weighted by atomic mass is 16.2. The van der Waals surface area contributed by atoms with Gasteiger partial charge in [0.15, 0.2) is 0 Å². The van der Waals surface area contributed by atoms with E-state index in [1.807, 2.05) is 39.0 Å². The molecule has 0 spiro atoms. The monoisotopic (exact) mass is 261 g/mol. The fraction of sp³-hybridized carbons (Fsp3) is 0.429. The Morgan fingerprint density at radius 1 is 1.21 bits per heavy atom. The molecule has 5 heteroatoms. The van der Waals surface area contributed by atoms with Crippen LogP contribution in [0.15, 0.2) is 23.0 Å². The van der Waals surface area contributed by atoms with Crippen molar-refractivity contribution in [3.8, 4) is 0 Å². The largest absolute Gasteiger partial charge is 0.355 e. The average molecular weight is 261 g/mol. The second-order valence-electron chi connectivity index (χ2n) is 5.71. The molecule has 19 heavy (non-hydrogen) atoms. The van der Waals surface area contributed by atoms with Gasteiger partial charge in [-0.2, -0.15) is 0 Å². The van der Waals surface area contributed by atoms with E-state index in [1.54, 1.807) is 0 Å². The Kier molecular flexibility index (Phi) is 3.46. The van der Waals surface area contributed by atoms with E-state index in [0.29, 0.717) is 6.54 Å². The lowest BCUT2D eigenvalue weighted by Gasteiger charge is -2.17. The van der Waals surface area contributed by atoms with Gasteiger partial charge in [-0.1, -0.05) is 26.8 Å². The van der Waals surface area contributed by atoms with Gasteiger partial charge in [0, 0.05) is 12.0 Å². The second kappa shape index (κ2) is 4.91. The van der Waals surface area contributed by atoms with Crippen molar-refractivity contribution in [1.82, 2.24) is 15.3 Å². The molecular weight excluding hydrogens is 242 g/mol. The lowest BCUT2D eigenvalue weighted by Crippen LogP contribution is -2.35. The van der Waals surface area contributed by atoms with Crippen molar-refractivity contribution in [3.05, 3.63) is 34.2 Å². The zero-order valence-corrected chi connectivity index (χ0v) is 11.5. The standard InChI is InChI=1S/C14H19N3O2/c1-14(2,3)12(18)15-7-6-9-4-5-10-11(8-9)17-13(19)16-10/h4-5,8H,6-7H2,1-3H3,(H,15,18)(H2,16,17,19). The summed E-state index contributed by atoms with van der Waals surface area (Å²) in [5.74, 6) is 0.0450. The Labute approximate surface area is 111 Å². The molecule has 0 aliphatic heterocycles. The Hall–Kier alpha value is -2.04. The van der Waals surface area contributed by atoms with Crippen LogP contribution in [0, 0.1) is 5.41 Å². The molecule has 2 rings (SSSR count). The molecule has 0 fully saturated rings. The quantitative estimate of drug-likeness (QED) is 0.784. The molecule has 0 saturated carbocycles. The highest BCUT2D eigenvalue weighted by Crippen LogP contribution is 2.13. The van der Waals surface area contributed by atoms with Gasteiger partial charge in [-0.3, -0.25) is 4.79 Å². The molecule has 102 valence electrons. The number of imidazole rings is 1. The van der Waals surface area contributed by atoms with Gasteiger partial charge in [-0.15, -0.1) is 0 Å². The van der Waals surface area contributed by atoms with Crippen LogP contribution in [0.5, 0.6) is 0 Å². The van der Waals surface area contributed by atoms with Crippen LogP contribution in [-0.4, -0.2) is 22.4 Å². The molecule has 1 aromatic heterocycles. The number of rotatable bonds is 3. The maximum atomic E-state index is 11.7. The smallest absolute Gasteiger partial charge is 0.323 e. The molecule has 1 heterocycles. The molecule has 2 aromatic rings. The number of carbonyl (C=O) groups is 1. The third-order valence-corrected chi connectivity index (χ3v) is 2.96. The first-order valence-electron chi connectivity index (χ1n) is 6.35. The highest BCUT2D eigenvalue weighted by molar-refractivity contribution is 5.81. The summed E-state index contributed by atoms with van der Waals surface area (Å²) in [4.78, 5) is 28.3. The van der Waals surface area contributed by atoms with E-state index in [2.05, 4.69) is 15.3 Å². The number of amides is 1. The lowest BCUT2D eigenvalue weighted by molar-refractivity contribution is -0.128. The van der Waals surface area contributed by atoms with Crippen molar-refractivity contribution in [1.29, 1.82) is 0 Å². The summed E-state index contributed by atoms with van der Waals surface area (Å²) in [7, 11) is 0. The summed E-state index contributed by atoms with van der Waals surface area (Å²) in [6.45, 7) is 6.26. The van der Waals surface area contributed by atoms with Gasteiger partial charge in [0.1, 0.15) is 0 Å². The lowest BCUT2D eigenvalue weighted by atomic mass is 9.95. The molecule has 5 nitrogen and oxygen atoms in total. The summed E-state index contributed by atoms with van der Waals surface area (Å²) in [6.07, 6.45) is 0.741. The molecule has 3 N–H and O–H groups in total. The van der Waals surface area contributed by atoms with Gasteiger partial charge in [-0.05, 0) is 24.1 Å². The summed E-state index contributed by atoms with van der Waals surface area (Å²) >= 11 is 0. The minimum Gasteiger partial charge on any atom is -0.355 e. The number of carbonyl (C=O) groups excluding carboxylic acids is 1. The van der Waals surface area contributed by atoms with Crippen LogP contribution in [0.3, 0.4) is 0 Å². The molecule has 0 radical (unpaired) electrons. The van der Waals surface area contributed by atoms with Crippen molar-refractivity contribution in [2.24, 2.45) is 5.41 Å². The minimum absolute atomic E-state index is 0.0450. The summed E-state index contributed by atoms with van der Waals surface area (Å²) < 4.78 is 0. The number of nitrogens with one attached hydrogen (secondary N) is 3. The average Bonchev–Trinajstić information content (AvgIpc) is 2.67. The number of hydrogen-bond acceptors (Lipinski definition) is 2. The molecule has 0 saturated heterocycles. The maximum absolute atomic E-state index is 11.7. The third-order valence-electron chi connectivity index (χ3n) is 2.96. The van der Waals surface area contributed by atoms with E-state index in [1.165, 1.54) is 0 Å². The second-order valence-corrected chi connectivity index (χ2v) is 5.71. The van der Waals surface area contributed by atoms with Crippen molar-refractivity contribution in [2.75, 3.05) is 6.54 Å². The van der Waals surface area contributed by atoms with Gasteiger partial charge in [0.05, 0.1) is 11.0 Å². The van der Waals surface area contributed by atoms with Gasteiger partial charge < -0.3 is 15.3 Å². The van der Waals surface area contributed by atoms with Crippen LogP contribution < -0.4 is 11.0 Å². The molecule has 0 aliphatic carbocycles. The van der Waals surface area contributed by atoms with Gasteiger partial charge in [0.2, 0.25) is 5.91 Å². The topological polar surface area (TPSA) is 77.8 Å². The number of aromatic amines is 2. The number of hydrogen-bond donors (Lipinski definition) is 3. The Morgan fingerprint density at radius 2 is 1.89 bits per heavy atom. The number of benzene rings is 1. The Balaban J connectivity index is 1.98. The predicted molar refractivity (Wildman–Crippen MR) is 75.1 cm³/mol. The van der Waals surface area contributed by atoms with Crippen molar-refractivity contribution >= 4 is 16.9 Å². The van der Waals surface area contributed by atoms with E-state index in [4.69, 9.17) is 0 Å². The normalized spacial score (nSPS) is 11.7. The fourth-order valence-electron chi connectivity index (χ4n) is 1.82. The number of aromatic nitrogens is 2. The maximum Gasteiger partial charge on any atom is 0.323 e. The molecule has 0 atom stereocenters. The van der Waals surface area contributed by atoms with E-state index < -0.39 is 0 Å². The molecule has 1 aromatic carbocycles. The van der Waals surface area contributed by atoms with Crippen LogP contribution in [-0.2, 0) is 11.2 Å². The zero-order chi connectivity index (χ0) is 14.0. The summed E-state index contributed by atoms with van der Waals surface area (Å²) in [5.41, 5.74) is 2.11. The molecule has 0 aliphatic rings. The SMILES string of the molecule is CC(C)(C)C(=O)NCCc1ccc2[nH]c(=O)[nH]c2c1. The van der Waals surface area contributed by atoms with Crippen LogP contribution >= 0.6 is 0 Å². The van der Waals surface area contributed by atoms with Crippen LogP contribution in [0.2, 0.25) is 0 Å². The summed E-state index contributed by atoms with van der Waals surface area (Å²) in [6, 6.07) is 5.75. The number of H-pyrrole nitrogens is 2. The Morgan fingerprint density at radius 3 is 2.58 bits per heavy atom. The van der Waals surface area contributed by atoms with Gasteiger partial charge in [-0.25, -0.2) is 4.79 Å². The molecule has 1 amide bonds. The first-order chi connectivity index (χ1) is 8.86. The van der Waals surface area contributed by atoms with E-state index in [-0.39, 0.29) is 17.0 Å². The van der Waals surface area contributed by atoms with Crippen LogP contribution in [0.4, 0.5) is 0 Å². The molecule has 0 bridgehead atoms. The minimum atomic E-state index is -0.365. The predicted octanol–water partition coefficient (Wildman–Crippen LogP) is 1.56. The Bertz CT molecular complexity index is 646. The van der Waals surface area contributed by atoms with Crippen LogP contribution in [0.1, 0.15) is 26.3 Å². The van der Waals surface area contributed by atoms with Crippen molar-refractivity contribution in [3.63, 3.8) is 0 Å².